The van der Waals surface area contributed by atoms with Gasteiger partial charge < -0.3 is 5.32 Å². The Morgan fingerprint density at radius 2 is 1.63 bits per heavy atom. The second-order valence-corrected chi connectivity index (χ2v) is 9.13. The summed E-state index contributed by atoms with van der Waals surface area (Å²) in [5.41, 5.74) is 2.30. The fourth-order valence-electron chi connectivity index (χ4n) is 3.53. The quantitative estimate of drug-likeness (QED) is 0.445. The van der Waals surface area contributed by atoms with Crippen molar-refractivity contribution in [1.82, 2.24) is 9.10 Å². The SMILES string of the molecule is O=C(Nc1cccc2c1C(=O)c1cccc3snc-2c13)NS(=O)(=O)c1ccccc1. The highest BCUT2D eigenvalue weighted by atomic mass is 32.2. The predicted molar refractivity (Wildman–Crippen MR) is 114 cm³/mol. The van der Waals surface area contributed by atoms with Crippen molar-refractivity contribution < 1.29 is 18.0 Å². The van der Waals surface area contributed by atoms with Crippen LogP contribution in [-0.4, -0.2) is 24.6 Å². The van der Waals surface area contributed by atoms with Crippen LogP contribution in [0.15, 0.2) is 71.6 Å². The van der Waals surface area contributed by atoms with Crippen molar-refractivity contribution in [3.63, 3.8) is 0 Å². The van der Waals surface area contributed by atoms with Crippen LogP contribution < -0.4 is 10.0 Å². The molecule has 0 aliphatic heterocycles. The standard InChI is InChI=1S/C21H13N3O4S2/c25-20-14-9-5-11-16-18(14)19(23-29-16)13-8-4-10-15(17(13)20)22-21(26)24-30(27,28)12-6-2-1-3-7-12/h1-11H,(H2,22,24,26). The summed E-state index contributed by atoms with van der Waals surface area (Å²) in [4.78, 5) is 25.6. The molecule has 4 aromatic rings. The second kappa shape index (κ2) is 6.75. The summed E-state index contributed by atoms with van der Waals surface area (Å²) < 4.78 is 32.2. The molecular weight excluding hydrogens is 422 g/mol. The van der Waals surface area contributed by atoms with Gasteiger partial charge in [-0.2, -0.15) is 4.37 Å². The van der Waals surface area contributed by atoms with Crippen molar-refractivity contribution in [3.05, 3.63) is 77.9 Å². The Labute approximate surface area is 175 Å². The Hall–Kier alpha value is -3.56. The van der Waals surface area contributed by atoms with Gasteiger partial charge in [-0.05, 0) is 35.8 Å². The summed E-state index contributed by atoms with van der Waals surface area (Å²) in [7, 11) is -4.04. The number of sulfonamides is 1. The highest BCUT2D eigenvalue weighted by Gasteiger charge is 2.30. The number of benzene rings is 3. The molecule has 1 aliphatic rings. The molecule has 0 saturated carbocycles. The zero-order chi connectivity index (χ0) is 20.9. The van der Waals surface area contributed by atoms with Crippen LogP contribution in [0.1, 0.15) is 15.9 Å². The molecule has 0 fully saturated rings. The van der Waals surface area contributed by atoms with Crippen molar-refractivity contribution in [2.75, 3.05) is 5.32 Å². The van der Waals surface area contributed by atoms with Gasteiger partial charge in [-0.1, -0.05) is 42.5 Å². The van der Waals surface area contributed by atoms with E-state index >= 15 is 0 Å². The third kappa shape index (κ3) is 2.87. The molecule has 1 aliphatic carbocycles. The minimum absolute atomic E-state index is 0.0369. The summed E-state index contributed by atoms with van der Waals surface area (Å²) in [6.45, 7) is 0. The van der Waals surface area contributed by atoms with Gasteiger partial charge in [0.2, 0.25) is 0 Å². The number of anilines is 1. The van der Waals surface area contributed by atoms with Gasteiger partial charge in [0.05, 0.1) is 26.5 Å². The Kier molecular flexibility index (Phi) is 4.16. The Balaban J connectivity index is 1.51. The molecule has 0 radical (unpaired) electrons. The van der Waals surface area contributed by atoms with Gasteiger partial charge in [-0.25, -0.2) is 17.9 Å². The lowest BCUT2D eigenvalue weighted by Crippen LogP contribution is -2.34. The van der Waals surface area contributed by atoms with Crippen LogP contribution in [0.2, 0.25) is 0 Å². The van der Waals surface area contributed by atoms with Crippen molar-refractivity contribution in [2.45, 2.75) is 4.90 Å². The van der Waals surface area contributed by atoms with E-state index in [0.29, 0.717) is 16.8 Å². The van der Waals surface area contributed by atoms with Crippen LogP contribution in [0, 0.1) is 0 Å². The monoisotopic (exact) mass is 435 g/mol. The molecule has 3 aromatic carbocycles. The molecule has 0 saturated heterocycles. The number of hydrogen-bond acceptors (Lipinski definition) is 6. The number of nitrogens with one attached hydrogen (secondary N) is 2. The van der Waals surface area contributed by atoms with E-state index in [-0.39, 0.29) is 21.9 Å². The van der Waals surface area contributed by atoms with Gasteiger partial charge >= 0.3 is 6.03 Å². The second-order valence-electron chi connectivity index (χ2n) is 6.64. The number of carbonyl (C=O) groups excluding carboxylic acids is 2. The Morgan fingerprint density at radius 1 is 0.900 bits per heavy atom. The molecule has 0 bridgehead atoms. The molecule has 1 heterocycles. The number of fused-ring (bicyclic) bond motifs is 2. The first-order valence-corrected chi connectivity index (χ1v) is 11.2. The normalized spacial score (nSPS) is 12.5. The number of rotatable bonds is 3. The molecule has 9 heteroatoms. The van der Waals surface area contributed by atoms with E-state index in [1.807, 2.05) is 10.8 Å². The highest BCUT2D eigenvalue weighted by molar-refractivity contribution is 7.90. The van der Waals surface area contributed by atoms with E-state index in [9.17, 15) is 18.0 Å². The van der Waals surface area contributed by atoms with Crippen molar-refractivity contribution in [3.8, 4) is 11.3 Å². The third-order valence-corrected chi connectivity index (χ3v) is 6.98. The number of ketones is 1. The number of urea groups is 1. The molecule has 5 rings (SSSR count). The average Bonchev–Trinajstić information content (AvgIpc) is 3.17. The molecule has 2 amide bonds. The van der Waals surface area contributed by atoms with Crippen LogP contribution in [0.3, 0.4) is 0 Å². The van der Waals surface area contributed by atoms with Gasteiger partial charge in [0.15, 0.2) is 5.78 Å². The van der Waals surface area contributed by atoms with Gasteiger partial charge in [0.1, 0.15) is 0 Å². The highest BCUT2D eigenvalue weighted by Crippen LogP contribution is 2.42. The fourth-order valence-corrected chi connectivity index (χ4v) is 5.27. The number of carbonyl (C=O) groups is 2. The van der Waals surface area contributed by atoms with Gasteiger partial charge in [0, 0.05) is 16.5 Å². The van der Waals surface area contributed by atoms with E-state index in [1.54, 1.807) is 48.5 Å². The zero-order valence-electron chi connectivity index (χ0n) is 15.2. The predicted octanol–water partition coefficient (Wildman–Crippen LogP) is 4.02. The maximum Gasteiger partial charge on any atom is 0.333 e. The topological polar surface area (TPSA) is 105 Å². The molecule has 1 aromatic heterocycles. The lowest BCUT2D eigenvalue weighted by Gasteiger charge is -2.19. The van der Waals surface area contributed by atoms with Gasteiger partial charge in [0.25, 0.3) is 10.0 Å². The van der Waals surface area contributed by atoms with Crippen LogP contribution >= 0.6 is 11.5 Å². The van der Waals surface area contributed by atoms with Crippen LogP contribution in [0.5, 0.6) is 0 Å². The Morgan fingerprint density at radius 3 is 2.43 bits per heavy atom. The number of amides is 2. The largest absolute Gasteiger partial charge is 0.333 e. The molecule has 2 N–H and O–H groups in total. The molecule has 30 heavy (non-hydrogen) atoms. The zero-order valence-corrected chi connectivity index (χ0v) is 16.9. The first-order chi connectivity index (χ1) is 14.5. The van der Waals surface area contributed by atoms with Crippen LogP contribution in [0.4, 0.5) is 10.5 Å². The minimum Gasteiger partial charge on any atom is -0.306 e. The molecule has 0 spiro atoms. The lowest BCUT2D eigenvalue weighted by atomic mass is 9.86. The van der Waals surface area contributed by atoms with E-state index in [1.165, 1.54) is 23.7 Å². The van der Waals surface area contributed by atoms with Gasteiger partial charge in [-0.15, -0.1) is 0 Å². The Bertz CT molecular complexity index is 1440. The lowest BCUT2D eigenvalue weighted by molar-refractivity contribution is 0.104. The third-order valence-electron chi connectivity index (χ3n) is 4.82. The molecule has 0 atom stereocenters. The van der Waals surface area contributed by atoms with Crippen molar-refractivity contribution in [1.29, 1.82) is 0 Å². The fraction of sp³-hybridized carbons (Fsp3) is 0. The summed E-state index contributed by atoms with van der Waals surface area (Å²) in [6.07, 6.45) is 0. The summed E-state index contributed by atoms with van der Waals surface area (Å²) in [5.74, 6) is -0.245. The van der Waals surface area contributed by atoms with Crippen molar-refractivity contribution >= 4 is 49.1 Å². The van der Waals surface area contributed by atoms with Gasteiger partial charge in [-0.3, -0.25) is 4.79 Å². The molecule has 7 nitrogen and oxygen atoms in total. The minimum atomic E-state index is -4.04. The first-order valence-electron chi connectivity index (χ1n) is 8.91. The molecule has 148 valence electrons. The smallest absolute Gasteiger partial charge is 0.306 e. The van der Waals surface area contributed by atoms with Crippen molar-refractivity contribution in [2.24, 2.45) is 0 Å². The molecular formula is C21H13N3O4S2. The van der Waals surface area contributed by atoms with Crippen LogP contribution in [0.25, 0.3) is 21.3 Å². The summed E-state index contributed by atoms with van der Waals surface area (Å²) >= 11 is 1.30. The maximum absolute atomic E-state index is 13.2. The van der Waals surface area contributed by atoms with E-state index in [4.69, 9.17) is 0 Å². The number of aromatic nitrogens is 1. The van der Waals surface area contributed by atoms with E-state index < -0.39 is 16.1 Å². The number of hydrogen-bond donors (Lipinski definition) is 2. The average molecular weight is 435 g/mol. The summed E-state index contributed by atoms with van der Waals surface area (Å²) in [6, 6.07) is 17.0. The van der Waals surface area contributed by atoms with Crippen LogP contribution in [-0.2, 0) is 10.0 Å². The number of nitrogens with zero attached hydrogens (tertiary/aromatic N) is 1. The molecule has 0 unspecified atom stereocenters. The maximum atomic E-state index is 13.2. The van der Waals surface area contributed by atoms with E-state index in [2.05, 4.69) is 9.69 Å². The first kappa shape index (κ1) is 18.5. The van der Waals surface area contributed by atoms with E-state index in [0.717, 1.165) is 10.1 Å². The summed E-state index contributed by atoms with van der Waals surface area (Å²) in [5, 5.41) is 3.31.